The van der Waals surface area contributed by atoms with E-state index in [-0.39, 0.29) is 41.2 Å². The number of guanidine groups is 1. The summed E-state index contributed by atoms with van der Waals surface area (Å²) in [7, 11) is -3.73. The van der Waals surface area contributed by atoms with E-state index in [2.05, 4.69) is 20.6 Å². The lowest BCUT2D eigenvalue weighted by Gasteiger charge is -2.11. The molecule has 2 aromatic rings. The Labute approximate surface area is 186 Å². The van der Waals surface area contributed by atoms with Gasteiger partial charge in [-0.2, -0.15) is 0 Å². The van der Waals surface area contributed by atoms with E-state index in [4.69, 9.17) is 11.6 Å². The molecular weight excluding hydrogens is 518 g/mol. The maximum absolute atomic E-state index is 13.7. The van der Waals surface area contributed by atoms with E-state index < -0.39 is 15.7 Å². The molecule has 0 unspecified atom stereocenters. The quantitative estimate of drug-likeness (QED) is 0.233. The molecule has 0 aliphatic heterocycles. The predicted molar refractivity (Wildman–Crippen MR) is 121 cm³/mol. The van der Waals surface area contributed by atoms with Gasteiger partial charge in [0.2, 0.25) is 0 Å². The summed E-state index contributed by atoms with van der Waals surface area (Å²) in [6.45, 7) is 3.16. The summed E-state index contributed by atoms with van der Waals surface area (Å²) in [6.07, 6.45) is 2.41. The Kier molecular flexibility index (Phi) is 10.7. The fourth-order valence-electron chi connectivity index (χ4n) is 2.31. The highest BCUT2D eigenvalue weighted by Gasteiger charge is 2.18. The van der Waals surface area contributed by atoms with Gasteiger partial charge in [0.1, 0.15) is 15.9 Å². The normalized spacial score (nSPS) is 11.6. The molecule has 1 heterocycles. The molecule has 6 nitrogen and oxygen atoms in total. The predicted octanol–water partition coefficient (Wildman–Crippen LogP) is 3.06. The molecule has 1 aromatic carbocycles. The summed E-state index contributed by atoms with van der Waals surface area (Å²) in [4.78, 5) is 7.98. The highest BCUT2D eigenvalue weighted by molar-refractivity contribution is 14.0. The maximum Gasteiger partial charge on any atom is 0.191 e. The SMILES string of the molecule is CCNC(=NCCS(=O)(=O)c1ccccc1F)NCCc1ccc(Cl)nc1.I. The molecule has 0 saturated carbocycles. The lowest BCUT2D eigenvalue weighted by atomic mass is 10.2. The van der Waals surface area contributed by atoms with Gasteiger partial charge in [0.05, 0.1) is 12.3 Å². The van der Waals surface area contributed by atoms with E-state index in [9.17, 15) is 12.8 Å². The first kappa shape index (κ1) is 24.6. The van der Waals surface area contributed by atoms with Gasteiger partial charge in [-0.3, -0.25) is 4.99 Å². The third kappa shape index (κ3) is 7.88. The summed E-state index contributed by atoms with van der Waals surface area (Å²) in [5.74, 6) is -0.516. The van der Waals surface area contributed by atoms with Crippen LogP contribution in [0.4, 0.5) is 4.39 Å². The number of halogens is 3. The standard InChI is InChI=1S/C18H22ClFN4O2S.HI/c1-2-21-18(22-10-9-14-7-8-17(19)24-13-14)23-11-12-27(25,26)16-6-4-3-5-15(16)20;/h3-8,13H,2,9-12H2,1H3,(H2,21,22,23);1H. The summed E-state index contributed by atoms with van der Waals surface area (Å²) in [6, 6.07) is 8.96. The second-order valence-corrected chi connectivity index (χ2v) is 8.14. The van der Waals surface area contributed by atoms with E-state index in [0.29, 0.717) is 30.6 Å². The van der Waals surface area contributed by atoms with Gasteiger partial charge in [-0.1, -0.05) is 29.8 Å². The van der Waals surface area contributed by atoms with Gasteiger partial charge in [-0.25, -0.2) is 17.8 Å². The van der Waals surface area contributed by atoms with Gasteiger partial charge in [-0.05, 0) is 37.1 Å². The number of nitrogens with one attached hydrogen (secondary N) is 2. The Morgan fingerprint density at radius 2 is 1.96 bits per heavy atom. The Balaban J connectivity index is 0.00000392. The second-order valence-electron chi connectivity index (χ2n) is 5.68. The fraction of sp³-hybridized carbons (Fsp3) is 0.333. The van der Waals surface area contributed by atoms with Gasteiger partial charge >= 0.3 is 0 Å². The number of hydrogen-bond acceptors (Lipinski definition) is 4. The van der Waals surface area contributed by atoms with Crippen molar-refractivity contribution >= 4 is 51.4 Å². The first-order valence-corrected chi connectivity index (χ1v) is 10.6. The maximum atomic E-state index is 13.7. The van der Waals surface area contributed by atoms with Gasteiger partial charge in [0.15, 0.2) is 15.8 Å². The molecule has 2 rings (SSSR count). The van der Waals surface area contributed by atoms with Crippen LogP contribution in [0.5, 0.6) is 0 Å². The Morgan fingerprint density at radius 1 is 1.21 bits per heavy atom. The first-order valence-electron chi connectivity index (χ1n) is 8.52. The molecule has 0 atom stereocenters. The molecule has 0 amide bonds. The lowest BCUT2D eigenvalue weighted by Crippen LogP contribution is -2.38. The highest BCUT2D eigenvalue weighted by Crippen LogP contribution is 2.15. The number of aromatic nitrogens is 1. The third-order valence-corrected chi connectivity index (χ3v) is 5.59. The minimum absolute atomic E-state index is 0. The molecule has 154 valence electrons. The number of benzene rings is 1. The van der Waals surface area contributed by atoms with Gasteiger partial charge < -0.3 is 10.6 Å². The number of sulfone groups is 1. The van der Waals surface area contributed by atoms with E-state index in [0.717, 1.165) is 11.6 Å². The monoisotopic (exact) mass is 540 g/mol. The number of hydrogen-bond donors (Lipinski definition) is 2. The number of nitrogens with zero attached hydrogens (tertiary/aromatic N) is 2. The number of aliphatic imine (C=N–C) groups is 1. The average Bonchev–Trinajstić information content (AvgIpc) is 2.63. The summed E-state index contributed by atoms with van der Waals surface area (Å²) < 4.78 is 38.2. The van der Waals surface area contributed by atoms with Crippen molar-refractivity contribution in [3.8, 4) is 0 Å². The van der Waals surface area contributed by atoms with Crippen LogP contribution >= 0.6 is 35.6 Å². The van der Waals surface area contributed by atoms with Crippen LogP contribution in [0.3, 0.4) is 0 Å². The molecule has 0 bridgehead atoms. The molecule has 0 fully saturated rings. The molecule has 28 heavy (non-hydrogen) atoms. The highest BCUT2D eigenvalue weighted by atomic mass is 127. The van der Waals surface area contributed by atoms with Crippen LogP contribution in [0.25, 0.3) is 0 Å². The minimum atomic E-state index is -3.73. The van der Waals surface area contributed by atoms with Crippen molar-refractivity contribution in [1.29, 1.82) is 0 Å². The molecule has 0 spiro atoms. The van der Waals surface area contributed by atoms with Crippen molar-refractivity contribution in [2.75, 3.05) is 25.4 Å². The van der Waals surface area contributed by atoms with Crippen LogP contribution in [0.1, 0.15) is 12.5 Å². The van der Waals surface area contributed by atoms with Crippen LogP contribution in [-0.4, -0.2) is 44.7 Å². The van der Waals surface area contributed by atoms with E-state index in [1.807, 2.05) is 13.0 Å². The zero-order valence-corrected chi connectivity index (χ0v) is 19.3. The van der Waals surface area contributed by atoms with E-state index in [1.165, 1.54) is 18.2 Å². The molecule has 2 N–H and O–H groups in total. The van der Waals surface area contributed by atoms with Crippen molar-refractivity contribution < 1.29 is 12.8 Å². The van der Waals surface area contributed by atoms with Crippen LogP contribution in [-0.2, 0) is 16.3 Å². The van der Waals surface area contributed by atoms with Crippen LogP contribution < -0.4 is 10.6 Å². The van der Waals surface area contributed by atoms with Crippen molar-refractivity contribution in [3.05, 3.63) is 59.1 Å². The molecular formula is C18H23ClFIN4O2S. The molecule has 0 saturated heterocycles. The fourth-order valence-corrected chi connectivity index (χ4v) is 3.62. The van der Waals surface area contributed by atoms with Crippen LogP contribution in [0.15, 0.2) is 52.5 Å². The van der Waals surface area contributed by atoms with Gasteiger partial charge in [-0.15, -0.1) is 24.0 Å². The second kappa shape index (κ2) is 12.2. The van der Waals surface area contributed by atoms with Crippen molar-refractivity contribution in [3.63, 3.8) is 0 Å². The summed E-state index contributed by atoms with van der Waals surface area (Å²) in [5.41, 5.74) is 1.02. The van der Waals surface area contributed by atoms with Crippen LogP contribution in [0.2, 0.25) is 5.15 Å². The average molecular weight is 541 g/mol. The Morgan fingerprint density at radius 3 is 2.61 bits per heavy atom. The molecule has 1 aromatic heterocycles. The van der Waals surface area contributed by atoms with Crippen LogP contribution in [0, 0.1) is 5.82 Å². The van der Waals surface area contributed by atoms with Crippen molar-refractivity contribution in [1.82, 2.24) is 15.6 Å². The zero-order chi connectivity index (χ0) is 19.7. The van der Waals surface area contributed by atoms with E-state index >= 15 is 0 Å². The van der Waals surface area contributed by atoms with E-state index in [1.54, 1.807) is 12.3 Å². The topological polar surface area (TPSA) is 83.5 Å². The molecule has 0 radical (unpaired) electrons. The van der Waals surface area contributed by atoms with Gasteiger partial charge in [0.25, 0.3) is 0 Å². The van der Waals surface area contributed by atoms with Crippen molar-refractivity contribution in [2.45, 2.75) is 18.2 Å². The van der Waals surface area contributed by atoms with Gasteiger partial charge in [0, 0.05) is 19.3 Å². The first-order chi connectivity index (χ1) is 12.9. The smallest absolute Gasteiger partial charge is 0.191 e. The Hall–Kier alpha value is -1.46. The minimum Gasteiger partial charge on any atom is -0.357 e. The summed E-state index contributed by atoms with van der Waals surface area (Å²) in [5, 5.41) is 6.62. The molecule has 0 aliphatic carbocycles. The van der Waals surface area contributed by atoms with Crippen molar-refractivity contribution in [2.24, 2.45) is 4.99 Å². The summed E-state index contributed by atoms with van der Waals surface area (Å²) >= 11 is 5.76. The number of rotatable bonds is 8. The molecule has 0 aliphatic rings. The third-order valence-electron chi connectivity index (χ3n) is 3.64. The molecule has 10 heteroatoms. The Bertz CT molecular complexity index is 879. The number of pyridine rings is 1. The largest absolute Gasteiger partial charge is 0.357 e. The zero-order valence-electron chi connectivity index (χ0n) is 15.4. The lowest BCUT2D eigenvalue weighted by molar-refractivity contribution is 0.567.